The molecule has 0 aliphatic carbocycles. The molecule has 2 saturated heterocycles. The number of carbonyl (C=O) groups is 2. The molecule has 4 atom stereocenters. The van der Waals surface area contributed by atoms with Crippen LogP contribution >= 0.6 is 11.6 Å². The maximum absolute atomic E-state index is 14.7. The van der Waals surface area contributed by atoms with E-state index in [9.17, 15) is 14.7 Å². The summed E-state index contributed by atoms with van der Waals surface area (Å²) in [6.45, 7) is 7.95. The number of ether oxygens (including phenoxy) is 3. The molecule has 3 aliphatic heterocycles. The second kappa shape index (κ2) is 11.3. The van der Waals surface area contributed by atoms with Crippen molar-refractivity contribution in [1.82, 2.24) is 0 Å². The van der Waals surface area contributed by atoms with Gasteiger partial charge in [-0.1, -0.05) is 61.1 Å². The van der Waals surface area contributed by atoms with Crippen LogP contribution in [0.5, 0.6) is 5.75 Å². The summed E-state index contributed by atoms with van der Waals surface area (Å²) >= 11 is 6.56. The van der Waals surface area contributed by atoms with Crippen molar-refractivity contribution in [2.45, 2.75) is 50.2 Å². The first-order valence-electron chi connectivity index (χ1n) is 14.7. The standard InChI is InChI=1S/C33H37ClN2O6Si/c1-21-30(43(3,4)26-12-10-25(40-2)11-13-26)29(15-17-37)42-33(21)27-19-23(34)7-14-28(27)36(31(33)38)20-22-5-8-24(9-6-22)35-16-18-41-32(35)39/h5-14,19,21,29-30,37H,15-18,20H2,1-4H3/t21-,29+,30-,33+/m1/s1. The van der Waals surface area contributed by atoms with Crippen molar-refractivity contribution in [3.8, 4) is 5.75 Å². The number of halogens is 1. The fourth-order valence-electron chi connectivity index (χ4n) is 7.43. The Kier molecular flexibility index (Phi) is 7.79. The number of aliphatic hydroxyl groups excluding tert-OH is 1. The van der Waals surface area contributed by atoms with Gasteiger partial charge in [0.2, 0.25) is 0 Å². The van der Waals surface area contributed by atoms with Gasteiger partial charge in [-0.3, -0.25) is 9.69 Å². The first kappa shape index (κ1) is 29.7. The Balaban J connectivity index is 1.37. The Hall–Kier alpha value is -3.37. The molecule has 2 amide bonds. The van der Waals surface area contributed by atoms with Gasteiger partial charge in [-0.05, 0) is 60.0 Å². The molecule has 3 aromatic rings. The van der Waals surface area contributed by atoms with Gasteiger partial charge < -0.3 is 24.2 Å². The highest BCUT2D eigenvalue weighted by molar-refractivity contribution is 6.91. The predicted octanol–water partition coefficient (Wildman–Crippen LogP) is 5.45. The highest BCUT2D eigenvalue weighted by Crippen LogP contribution is 2.60. The Morgan fingerprint density at radius 3 is 2.42 bits per heavy atom. The number of carbonyl (C=O) groups excluding carboxylic acids is 2. The molecular weight excluding hydrogens is 584 g/mol. The molecule has 226 valence electrons. The lowest BCUT2D eigenvalue weighted by Gasteiger charge is -2.37. The van der Waals surface area contributed by atoms with E-state index in [0.29, 0.717) is 31.1 Å². The minimum Gasteiger partial charge on any atom is -0.497 e. The van der Waals surface area contributed by atoms with Crippen molar-refractivity contribution < 1.29 is 28.9 Å². The summed E-state index contributed by atoms with van der Waals surface area (Å²) in [6, 6.07) is 21.4. The summed E-state index contributed by atoms with van der Waals surface area (Å²) in [6.07, 6.45) is -0.220. The molecule has 0 bridgehead atoms. The first-order chi connectivity index (χ1) is 20.6. The van der Waals surface area contributed by atoms with E-state index >= 15 is 0 Å². The summed E-state index contributed by atoms with van der Waals surface area (Å²) in [5.74, 6) is 0.506. The largest absolute Gasteiger partial charge is 0.497 e. The van der Waals surface area contributed by atoms with Gasteiger partial charge in [0.15, 0.2) is 5.60 Å². The number of nitrogens with zero attached hydrogens (tertiary/aromatic N) is 2. The lowest BCUT2D eigenvalue weighted by molar-refractivity contribution is -0.146. The molecule has 1 spiro atoms. The second-order valence-electron chi connectivity index (χ2n) is 12.2. The van der Waals surface area contributed by atoms with Crippen LogP contribution in [0.2, 0.25) is 23.7 Å². The average molecular weight is 621 g/mol. The Morgan fingerprint density at radius 2 is 1.79 bits per heavy atom. The lowest BCUT2D eigenvalue weighted by atomic mass is 9.82. The van der Waals surface area contributed by atoms with Crippen molar-refractivity contribution in [1.29, 1.82) is 0 Å². The molecular formula is C33H37ClN2O6Si. The zero-order valence-corrected chi connectivity index (χ0v) is 26.6. The van der Waals surface area contributed by atoms with Gasteiger partial charge in [-0.15, -0.1) is 0 Å². The number of anilines is 2. The van der Waals surface area contributed by atoms with E-state index in [1.165, 1.54) is 5.19 Å². The van der Waals surface area contributed by atoms with Gasteiger partial charge in [-0.25, -0.2) is 4.79 Å². The molecule has 6 rings (SSSR count). The molecule has 0 radical (unpaired) electrons. The zero-order valence-electron chi connectivity index (χ0n) is 24.9. The van der Waals surface area contributed by atoms with Crippen molar-refractivity contribution in [3.05, 3.63) is 82.9 Å². The Morgan fingerprint density at radius 1 is 1.07 bits per heavy atom. The Labute approximate surface area is 258 Å². The van der Waals surface area contributed by atoms with Crippen LogP contribution in [0.15, 0.2) is 66.7 Å². The van der Waals surface area contributed by atoms with Gasteiger partial charge >= 0.3 is 6.09 Å². The zero-order chi connectivity index (χ0) is 30.5. The van der Waals surface area contributed by atoms with Gasteiger partial charge in [0.25, 0.3) is 5.91 Å². The van der Waals surface area contributed by atoms with E-state index in [0.717, 1.165) is 28.3 Å². The summed E-state index contributed by atoms with van der Waals surface area (Å²) in [5.41, 5.74) is 2.06. The highest BCUT2D eigenvalue weighted by Gasteiger charge is 2.66. The predicted molar refractivity (Wildman–Crippen MR) is 169 cm³/mol. The number of hydrogen-bond acceptors (Lipinski definition) is 6. The van der Waals surface area contributed by atoms with Crippen molar-refractivity contribution in [3.63, 3.8) is 0 Å². The van der Waals surface area contributed by atoms with Crippen LogP contribution in [0.25, 0.3) is 0 Å². The number of fused-ring (bicyclic) bond motifs is 2. The van der Waals surface area contributed by atoms with Crippen LogP contribution in [0.1, 0.15) is 24.5 Å². The summed E-state index contributed by atoms with van der Waals surface area (Å²) in [5, 5.41) is 11.9. The normalized spacial score (nSPS) is 25.0. The maximum Gasteiger partial charge on any atom is 0.414 e. The maximum atomic E-state index is 14.7. The van der Waals surface area contributed by atoms with Gasteiger partial charge in [-0.2, -0.15) is 0 Å². The van der Waals surface area contributed by atoms with Gasteiger partial charge in [0.05, 0.1) is 40.1 Å². The number of cyclic esters (lactones) is 1. The van der Waals surface area contributed by atoms with E-state index in [1.54, 1.807) is 23.0 Å². The quantitative estimate of drug-likeness (QED) is 0.337. The SMILES string of the molecule is COc1ccc([Si](C)(C)[C@H]2[C@H](CCO)O[C@@]3(C(=O)N(Cc4ccc(N5CCOC5=O)cc4)c4ccc(Cl)cc43)[C@@H]2C)cc1. The van der Waals surface area contributed by atoms with Crippen molar-refractivity contribution in [2.75, 3.05) is 36.7 Å². The van der Waals surface area contributed by atoms with Gasteiger partial charge in [0, 0.05) is 28.8 Å². The summed E-state index contributed by atoms with van der Waals surface area (Å²) in [4.78, 5) is 30.1. The molecule has 8 nitrogen and oxygen atoms in total. The lowest BCUT2D eigenvalue weighted by Crippen LogP contribution is -2.51. The molecule has 2 fully saturated rings. The van der Waals surface area contributed by atoms with Crippen molar-refractivity contribution in [2.24, 2.45) is 5.92 Å². The smallest absolute Gasteiger partial charge is 0.414 e. The van der Waals surface area contributed by atoms with Crippen LogP contribution in [0.4, 0.5) is 16.2 Å². The number of benzene rings is 3. The molecule has 0 unspecified atom stereocenters. The number of hydrogen-bond donors (Lipinski definition) is 1. The molecule has 1 N–H and O–H groups in total. The number of aliphatic hydroxyl groups is 1. The third kappa shape index (κ3) is 4.83. The fraction of sp³-hybridized carbons (Fsp3) is 0.394. The minimum absolute atomic E-state index is 0.0335. The Bertz CT molecular complexity index is 1530. The van der Waals surface area contributed by atoms with Crippen LogP contribution in [0, 0.1) is 5.92 Å². The number of methoxy groups -OCH3 is 1. The molecule has 3 aromatic carbocycles. The van der Waals surface area contributed by atoms with E-state index in [2.05, 4.69) is 32.2 Å². The van der Waals surface area contributed by atoms with Crippen LogP contribution in [0.3, 0.4) is 0 Å². The highest BCUT2D eigenvalue weighted by atomic mass is 35.5. The third-order valence-corrected chi connectivity index (χ3v) is 14.2. The molecule has 3 aliphatic rings. The first-order valence-corrected chi connectivity index (χ1v) is 18.2. The van der Waals surface area contributed by atoms with Crippen molar-refractivity contribution >= 4 is 48.2 Å². The number of rotatable bonds is 8. The van der Waals surface area contributed by atoms with Gasteiger partial charge in [0.1, 0.15) is 12.4 Å². The minimum atomic E-state index is -2.26. The van der Waals surface area contributed by atoms with Crippen LogP contribution < -0.4 is 19.7 Å². The average Bonchev–Trinajstić information content (AvgIpc) is 3.63. The molecule has 3 heterocycles. The van der Waals surface area contributed by atoms with E-state index in [1.807, 2.05) is 48.5 Å². The van der Waals surface area contributed by atoms with Crippen LogP contribution in [-0.4, -0.2) is 58.2 Å². The molecule has 10 heteroatoms. The topological polar surface area (TPSA) is 88.5 Å². The fourth-order valence-corrected chi connectivity index (χ4v) is 11.7. The molecule has 0 aromatic heterocycles. The second-order valence-corrected chi connectivity index (χ2v) is 17.3. The van der Waals surface area contributed by atoms with Crippen LogP contribution in [-0.2, 0) is 26.4 Å². The number of amides is 2. The van der Waals surface area contributed by atoms with E-state index in [-0.39, 0.29) is 36.2 Å². The van der Waals surface area contributed by atoms with E-state index < -0.39 is 13.7 Å². The van der Waals surface area contributed by atoms with E-state index in [4.69, 9.17) is 25.8 Å². The summed E-state index contributed by atoms with van der Waals surface area (Å²) in [7, 11) is -0.606. The summed E-state index contributed by atoms with van der Waals surface area (Å²) < 4.78 is 17.4. The third-order valence-electron chi connectivity index (χ3n) is 9.56. The molecule has 0 saturated carbocycles. The monoisotopic (exact) mass is 620 g/mol. The molecule has 43 heavy (non-hydrogen) atoms.